The third-order valence-electron chi connectivity index (χ3n) is 1.83. The molecule has 16 heavy (non-hydrogen) atoms. The van der Waals surface area contributed by atoms with Crippen molar-refractivity contribution in [2.75, 3.05) is 5.73 Å². The molecule has 2 heterocycles. The van der Waals surface area contributed by atoms with Crippen molar-refractivity contribution >= 4 is 29.1 Å². The van der Waals surface area contributed by atoms with Gasteiger partial charge >= 0.3 is 5.69 Å². The molecule has 0 aromatic carbocycles. The van der Waals surface area contributed by atoms with Crippen LogP contribution >= 0.6 is 23.4 Å². The molecule has 0 aliphatic carbocycles. The van der Waals surface area contributed by atoms with Crippen LogP contribution in [0.3, 0.4) is 0 Å². The van der Waals surface area contributed by atoms with E-state index in [0.717, 1.165) is 11.8 Å². The molecule has 0 radical (unpaired) electrons. The maximum absolute atomic E-state index is 11.1. The first-order valence-corrected chi connectivity index (χ1v) is 5.34. The molecular formula is C7H7ClN6OS. The molecule has 2 rings (SSSR count). The third-order valence-corrected chi connectivity index (χ3v) is 3.19. The number of anilines is 1. The zero-order valence-electron chi connectivity index (χ0n) is 8.14. The Balaban J connectivity index is 2.38. The van der Waals surface area contributed by atoms with E-state index in [1.807, 2.05) is 0 Å². The molecule has 0 amide bonds. The summed E-state index contributed by atoms with van der Waals surface area (Å²) in [7, 11) is 1.59. The topological polar surface area (TPSA) is 102 Å². The van der Waals surface area contributed by atoms with Gasteiger partial charge in [0, 0.05) is 7.05 Å². The van der Waals surface area contributed by atoms with Crippen LogP contribution in [-0.4, -0.2) is 24.7 Å². The van der Waals surface area contributed by atoms with Gasteiger partial charge in [-0.1, -0.05) is 11.6 Å². The number of nitrogens with zero attached hydrogens (tertiary/aromatic N) is 4. The fourth-order valence-electron chi connectivity index (χ4n) is 0.951. The van der Waals surface area contributed by atoms with Crippen LogP contribution in [0.15, 0.2) is 21.3 Å². The van der Waals surface area contributed by atoms with E-state index in [1.54, 1.807) is 7.05 Å². The zero-order valence-corrected chi connectivity index (χ0v) is 9.71. The average molecular weight is 259 g/mol. The number of halogens is 1. The van der Waals surface area contributed by atoms with Gasteiger partial charge in [0.15, 0.2) is 10.3 Å². The van der Waals surface area contributed by atoms with Crippen LogP contribution < -0.4 is 11.4 Å². The highest BCUT2D eigenvalue weighted by molar-refractivity contribution is 7.99. The number of hydrogen-bond acceptors (Lipinski definition) is 6. The molecule has 2 aromatic heterocycles. The monoisotopic (exact) mass is 258 g/mol. The number of rotatable bonds is 2. The molecule has 9 heteroatoms. The average Bonchev–Trinajstić information content (AvgIpc) is 2.57. The quantitative estimate of drug-likeness (QED) is 0.751. The Morgan fingerprint density at radius 2 is 2.31 bits per heavy atom. The normalized spacial score (nSPS) is 10.6. The van der Waals surface area contributed by atoms with E-state index in [9.17, 15) is 4.79 Å². The Kier molecular flexibility index (Phi) is 2.84. The molecule has 0 unspecified atom stereocenters. The summed E-state index contributed by atoms with van der Waals surface area (Å²) in [6.45, 7) is 0. The number of aromatic nitrogens is 5. The summed E-state index contributed by atoms with van der Waals surface area (Å²) in [6.07, 6.45) is 1.30. The van der Waals surface area contributed by atoms with E-state index in [-0.39, 0.29) is 16.5 Å². The van der Waals surface area contributed by atoms with Crippen molar-refractivity contribution in [2.45, 2.75) is 10.2 Å². The van der Waals surface area contributed by atoms with E-state index >= 15 is 0 Å². The Labute approximate surface area is 99.0 Å². The largest absolute Gasteiger partial charge is 0.394 e. The lowest BCUT2D eigenvalue weighted by Crippen LogP contribution is -2.12. The highest BCUT2D eigenvalue weighted by Gasteiger charge is 2.12. The van der Waals surface area contributed by atoms with Crippen LogP contribution in [0.1, 0.15) is 0 Å². The van der Waals surface area contributed by atoms with Crippen molar-refractivity contribution in [3.63, 3.8) is 0 Å². The summed E-state index contributed by atoms with van der Waals surface area (Å²) in [4.78, 5) is 18.8. The lowest BCUT2D eigenvalue weighted by molar-refractivity contribution is 0.764. The van der Waals surface area contributed by atoms with Gasteiger partial charge in [0.1, 0.15) is 17.0 Å². The van der Waals surface area contributed by atoms with E-state index in [2.05, 4.69) is 20.2 Å². The predicted molar refractivity (Wildman–Crippen MR) is 59.4 cm³/mol. The van der Waals surface area contributed by atoms with Gasteiger partial charge in [0.2, 0.25) is 0 Å². The van der Waals surface area contributed by atoms with Gasteiger partial charge in [0.05, 0.1) is 0 Å². The van der Waals surface area contributed by atoms with Gasteiger partial charge in [-0.2, -0.15) is 0 Å². The molecule has 0 aliphatic heterocycles. The van der Waals surface area contributed by atoms with Crippen LogP contribution in [0.4, 0.5) is 5.69 Å². The van der Waals surface area contributed by atoms with Crippen molar-refractivity contribution in [1.29, 1.82) is 0 Å². The van der Waals surface area contributed by atoms with E-state index in [1.165, 1.54) is 10.9 Å². The molecule has 2 aromatic rings. The molecule has 0 fully saturated rings. The third kappa shape index (κ3) is 1.89. The smallest absolute Gasteiger partial charge is 0.343 e. The molecule has 0 aliphatic rings. The number of aromatic amines is 1. The van der Waals surface area contributed by atoms with Gasteiger partial charge in [-0.15, -0.1) is 5.10 Å². The minimum absolute atomic E-state index is 0.179. The summed E-state index contributed by atoms with van der Waals surface area (Å²) < 4.78 is 1.35. The Morgan fingerprint density at radius 1 is 1.56 bits per heavy atom. The lowest BCUT2D eigenvalue weighted by Gasteiger charge is -2.03. The number of nitrogens with one attached hydrogen (secondary N) is 1. The van der Waals surface area contributed by atoms with Crippen molar-refractivity contribution in [3.8, 4) is 0 Å². The second kappa shape index (κ2) is 4.14. The molecule has 0 bridgehead atoms. The minimum Gasteiger partial charge on any atom is -0.394 e. The van der Waals surface area contributed by atoms with E-state index < -0.39 is 0 Å². The van der Waals surface area contributed by atoms with Crippen LogP contribution in [0, 0.1) is 0 Å². The highest BCUT2D eigenvalue weighted by atomic mass is 35.5. The molecular weight excluding hydrogens is 252 g/mol. The molecule has 0 saturated carbocycles. The highest BCUT2D eigenvalue weighted by Crippen LogP contribution is 2.30. The van der Waals surface area contributed by atoms with E-state index in [4.69, 9.17) is 17.3 Å². The summed E-state index contributed by atoms with van der Waals surface area (Å²) >= 11 is 6.87. The van der Waals surface area contributed by atoms with Gasteiger partial charge in [-0.05, 0) is 11.8 Å². The molecule has 0 atom stereocenters. The fourth-order valence-corrected chi connectivity index (χ4v) is 1.93. The molecule has 0 spiro atoms. The minimum atomic E-state index is -0.304. The Bertz CT molecular complexity index is 578. The first-order chi connectivity index (χ1) is 7.59. The number of nitrogen functional groups attached to an aromatic ring is 1. The lowest BCUT2D eigenvalue weighted by atomic mass is 10.6. The Hall–Kier alpha value is -1.54. The summed E-state index contributed by atoms with van der Waals surface area (Å²) in [5.41, 5.74) is 5.65. The molecule has 84 valence electrons. The maximum atomic E-state index is 11.1. The number of nitrogens with two attached hydrogens (primary N) is 1. The predicted octanol–water partition coefficient (Wildman–Crippen LogP) is 0.285. The van der Waals surface area contributed by atoms with Crippen LogP contribution in [0.5, 0.6) is 0 Å². The van der Waals surface area contributed by atoms with Crippen LogP contribution in [0.2, 0.25) is 5.15 Å². The van der Waals surface area contributed by atoms with Gasteiger partial charge in [-0.3, -0.25) is 4.57 Å². The van der Waals surface area contributed by atoms with Crippen molar-refractivity contribution < 1.29 is 0 Å². The van der Waals surface area contributed by atoms with Crippen LogP contribution in [0.25, 0.3) is 0 Å². The standard InChI is InChI=1S/C7H7ClN6OS/c1-14-6(15)12-13-7(14)16-5-3(9)4(8)10-2-11-5/h2H,9H2,1H3,(H,12,15). The van der Waals surface area contributed by atoms with E-state index in [0.29, 0.717) is 10.2 Å². The molecule has 3 N–H and O–H groups in total. The van der Waals surface area contributed by atoms with Gasteiger partial charge in [0.25, 0.3) is 0 Å². The summed E-state index contributed by atoms with van der Waals surface area (Å²) in [5, 5.41) is 7.21. The summed E-state index contributed by atoms with van der Waals surface area (Å²) in [5.74, 6) is 0. The van der Waals surface area contributed by atoms with Crippen molar-refractivity contribution in [2.24, 2.45) is 7.05 Å². The first-order valence-electron chi connectivity index (χ1n) is 4.15. The second-order valence-corrected chi connectivity index (χ2v) is 4.17. The maximum Gasteiger partial charge on any atom is 0.343 e. The zero-order chi connectivity index (χ0) is 11.7. The fraction of sp³-hybridized carbons (Fsp3) is 0.143. The van der Waals surface area contributed by atoms with Gasteiger partial charge < -0.3 is 5.73 Å². The first kappa shape index (κ1) is 11.0. The number of H-pyrrole nitrogens is 1. The Morgan fingerprint density at radius 3 is 2.94 bits per heavy atom. The summed E-state index contributed by atoms with van der Waals surface area (Å²) in [6, 6.07) is 0. The van der Waals surface area contributed by atoms with Crippen LogP contribution in [-0.2, 0) is 7.05 Å². The van der Waals surface area contributed by atoms with Crippen molar-refractivity contribution in [1.82, 2.24) is 24.7 Å². The van der Waals surface area contributed by atoms with Gasteiger partial charge in [-0.25, -0.2) is 19.9 Å². The second-order valence-electron chi connectivity index (χ2n) is 2.86. The molecule has 7 nitrogen and oxygen atoms in total. The van der Waals surface area contributed by atoms with Crippen molar-refractivity contribution in [3.05, 3.63) is 22.0 Å². The SMILES string of the molecule is Cn1c(Sc2ncnc(Cl)c2N)n[nH]c1=O. The number of hydrogen-bond donors (Lipinski definition) is 2. The molecule has 0 saturated heterocycles.